The number of benzene rings is 1. The number of carbonyl (C=O) groups is 1. The number of Topliss-reactive ketones (excluding diaryl/α,β-unsaturated/α-hetero) is 1. The Labute approximate surface area is 104 Å². The molecule has 0 fully saturated rings. The molecule has 0 amide bonds. The van der Waals surface area contributed by atoms with Crippen molar-refractivity contribution in [2.45, 2.75) is 13.8 Å². The van der Waals surface area contributed by atoms with E-state index in [9.17, 15) is 9.18 Å². The van der Waals surface area contributed by atoms with Crippen molar-refractivity contribution in [3.8, 4) is 0 Å². The zero-order valence-corrected chi connectivity index (χ0v) is 10.9. The molecule has 0 unspecified atom stereocenters. The number of thioether (sulfide) groups is 1. The Hall–Kier alpha value is -0.540. The van der Waals surface area contributed by atoms with E-state index in [1.807, 2.05) is 0 Å². The van der Waals surface area contributed by atoms with Crippen molar-refractivity contribution in [1.82, 2.24) is 0 Å². The molecule has 1 aromatic carbocycles. The van der Waals surface area contributed by atoms with Gasteiger partial charge in [-0.25, -0.2) is 4.39 Å². The molecule has 1 aromatic rings. The second kappa shape index (κ2) is 6.26. The van der Waals surface area contributed by atoms with Crippen molar-refractivity contribution in [3.05, 3.63) is 34.6 Å². The fraction of sp³-hybridized carbons (Fsp3) is 0.417. The Morgan fingerprint density at radius 1 is 1.50 bits per heavy atom. The van der Waals surface area contributed by atoms with Crippen molar-refractivity contribution in [2.75, 3.05) is 11.5 Å². The lowest BCUT2D eigenvalue weighted by atomic mass is 10.1. The van der Waals surface area contributed by atoms with Crippen LogP contribution in [0.25, 0.3) is 0 Å². The van der Waals surface area contributed by atoms with Crippen LogP contribution in [0.1, 0.15) is 24.2 Å². The summed E-state index contributed by atoms with van der Waals surface area (Å²) in [5.41, 5.74) is 0.276. The minimum Gasteiger partial charge on any atom is -0.293 e. The number of rotatable bonds is 5. The van der Waals surface area contributed by atoms with E-state index < -0.39 is 5.82 Å². The summed E-state index contributed by atoms with van der Waals surface area (Å²) < 4.78 is 12.9. The van der Waals surface area contributed by atoms with Crippen LogP contribution in [-0.4, -0.2) is 17.3 Å². The van der Waals surface area contributed by atoms with Gasteiger partial charge in [0, 0.05) is 5.56 Å². The summed E-state index contributed by atoms with van der Waals surface area (Å²) in [6.45, 7) is 4.18. The zero-order valence-electron chi connectivity index (χ0n) is 9.30. The molecule has 16 heavy (non-hydrogen) atoms. The normalized spacial score (nSPS) is 10.8. The van der Waals surface area contributed by atoms with Crippen LogP contribution < -0.4 is 0 Å². The summed E-state index contributed by atoms with van der Waals surface area (Å²) in [6, 6.07) is 3.86. The molecule has 0 spiro atoms. The largest absolute Gasteiger partial charge is 0.293 e. The van der Waals surface area contributed by atoms with E-state index in [1.165, 1.54) is 18.2 Å². The van der Waals surface area contributed by atoms with Gasteiger partial charge in [0.05, 0.1) is 10.8 Å². The molecule has 0 bridgehead atoms. The summed E-state index contributed by atoms with van der Waals surface area (Å²) in [5, 5.41) is 0.316. The fourth-order valence-electron chi connectivity index (χ4n) is 1.18. The highest BCUT2D eigenvalue weighted by molar-refractivity contribution is 7.99. The van der Waals surface area contributed by atoms with Crippen LogP contribution >= 0.6 is 23.4 Å². The van der Waals surface area contributed by atoms with E-state index >= 15 is 0 Å². The third-order valence-electron chi connectivity index (χ3n) is 1.91. The van der Waals surface area contributed by atoms with Crippen LogP contribution in [0.2, 0.25) is 5.02 Å². The van der Waals surface area contributed by atoms with Crippen LogP contribution in [0, 0.1) is 11.7 Å². The highest BCUT2D eigenvalue weighted by atomic mass is 35.5. The summed E-state index contributed by atoms with van der Waals surface area (Å²) in [4.78, 5) is 11.7. The van der Waals surface area contributed by atoms with Gasteiger partial charge in [0.25, 0.3) is 0 Å². The Kier molecular flexibility index (Phi) is 5.29. The Balaban J connectivity index is 2.62. The number of carbonyl (C=O) groups excluding carboxylic acids is 1. The molecule has 0 atom stereocenters. The van der Waals surface area contributed by atoms with E-state index in [4.69, 9.17) is 11.6 Å². The lowest BCUT2D eigenvalue weighted by Crippen LogP contribution is -2.05. The van der Waals surface area contributed by atoms with Crippen molar-refractivity contribution >= 4 is 29.1 Å². The molecular weight excluding hydrogens is 247 g/mol. The van der Waals surface area contributed by atoms with E-state index in [-0.39, 0.29) is 11.3 Å². The van der Waals surface area contributed by atoms with E-state index in [0.29, 0.717) is 16.7 Å². The summed E-state index contributed by atoms with van der Waals surface area (Å²) in [6.07, 6.45) is 0. The summed E-state index contributed by atoms with van der Waals surface area (Å²) in [5.74, 6) is 1.26. The number of halogens is 2. The molecule has 0 aliphatic carbocycles. The summed E-state index contributed by atoms with van der Waals surface area (Å²) >= 11 is 7.38. The van der Waals surface area contributed by atoms with E-state index in [1.54, 1.807) is 11.8 Å². The lowest BCUT2D eigenvalue weighted by molar-refractivity contribution is 0.102. The van der Waals surface area contributed by atoms with Gasteiger partial charge in [-0.1, -0.05) is 25.4 Å². The van der Waals surface area contributed by atoms with Crippen LogP contribution in [0.3, 0.4) is 0 Å². The number of hydrogen-bond donors (Lipinski definition) is 0. The first kappa shape index (κ1) is 13.5. The first-order valence-electron chi connectivity index (χ1n) is 5.06. The maximum atomic E-state index is 12.9. The third-order valence-corrected chi connectivity index (χ3v) is 3.61. The van der Waals surface area contributed by atoms with Gasteiger partial charge in [0.2, 0.25) is 0 Å². The fourth-order valence-corrected chi connectivity index (χ4v) is 2.33. The van der Waals surface area contributed by atoms with E-state index in [0.717, 1.165) is 5.75 Å². The second-order valence-corrected chi connectivity index (χ2v) is 5.39. The van der Waals surface area contributed by atoms with Crippen molar-refractivity contribution in [3.63, 3.8) is 0 Å². The highest BCUT2D eigenvalue weighted by Crippen LogP contribution is 2.19. The molecule has 0 aromatic heterocycles. The van der Waals surface area contributed by atoms with Gasteiger partial charge >= 0.3 is 0 Å². The van der Waals surface area contributed by atoms with Crippen LogP contribution in [0.5, 0.6) is 0 Å². The molecule has 1 rings (SSSR count). The summed E-state index contributed by atoms with van der Waals surface area (Å²) in [7, 11) is 0. The lowest BCUT2D eigenvalue weighted by Gasteiger charge is -2.05. The topological polar surface area (TPSA) is 17.1 Å². The van der Waals surface area contributed by atoms with Gasteiger partial charge in [-0.05, 0) is 29.9 Å². The zero-order chi connectivity index (χ0) is 12.1. The smallest absolute Gasteiger partial charge is 0.174 e. The molecule has 88 valence electrons. The Morgan fingerprint density at radius 2 is 2.19 bits per heavy atom. The first-order valence-corrected chi connectivity index (χ1v) is 6.60. The SMILES string of the molecule is CC(C)CSCC(=O)c1cc(F)ccc1Cl. The average molecular weight is 261 g/mol. The van der Waals surface area contributed by atoms with E-state index in [2.05, 4.69) is 13.8 Å². The highest BCUT2D eigenvalue weighted by Gasteiger charge is 2.11. The predicted octanol–water partition coefficient (Wildman–Crippen LogP) is 4.05. The number of hydrogen-bond acceptors (Lipinski definition) is 2. The molecule has 0 saturated carbocycles. The van der Waals surface area contributed by atoms with Gasteiger partial charge in [-0.15, -0.1) is 0 Å². The van der Waals surface area contributed by atoms with Crippen molar-refractivity contribution in [2.24, 2.45) is 5.92 Å². The molecular formula is C12H14ClFOS. The molecule has 0 saturated heterocycles. The van der Waals surface area contributed by atoms with Crippen molar-refractivity contribution in [1.29, 1.82) is 0 Å². The van der Waals surface area contributed by atoms with Gasteiger partial charge in [-0.2, -0.15) is 11.8 Å². The monoisotopic (exact) mass is 260 g/mol. The molecule has 0 heterocycles. The van der Waals surface area contributed by atoms with Crippen LogP contribution in [0.15, 0.2) is 18.2 Å². The minimum atomic E-state index is -0.429. The van der Waals surface area contributed by atoms with Crippen molar-refractivity contribution < 1.29 is 9.18 Å². The van der Waals surface area contributed by atoms with Gasteiger partial charge in [0.1, 0.15) is 5.82 Å². The molecule has 0 N–H and O–H groups in total. The molecule has 1 nitrogen and oxygen atoms in total. The van der Waals surface area contributed by atoms with Gasteiger partial charge < -0.3 is 0 Å². The average Bonchev–Trinajstić information content (AvgIpc) is 2.21. The van der Waals surface area contributed by atoms with Gasteiger partial charge in [0.15, 0.2) is 5.78 Å². The molecule has 0 radical (unpaired) electrons. The standard InChI is InChI=1S/C12H14ClFOS/c1-8(2)6-16-7-12(15)10-5-9(14)3-4-11(10)13/h3-5,8H,6-7H2,1-2H3. The minimum absolute atomic E-state index is 0.116. The maximum absolute atomic E-state index is 12.9. The predicted molar refractivity (Wildman–Crippen MR) is 67.9 cm³/mol. The Morgan fingerprint density at radius 3 is 2.81 bits per heavy atom. The maximum Gasteiger partial charge on any atom is 0.174 e. The van der Waals surface area contributed by atoms with Crippen LogP contribution in [0.4, 0.5) is 4.39 Å². The quantitative estimate of drug-likeness (QED) is 0.743. The van der Waals surface area contributed by atoms with Gasteiger partial charge in [-0.3, -0.25) is 4.79 Å². The van der Waals surface area contributed by atoms with Crippen LogP contribution in [-0.2, 0) is 0 Å². The second-order valence-electron chi connectivity index (χ2n) is 3.96. The molecule has 0 aliphatic heterocycles. The first-order chi connectivity index (χ1) is 7.50. The third kappa shape index (κ3) is 4.14. The molecule has 4 heteroatoms. The molecule has 0 aliphatic rings. The Bertz CT molecular complexity index is 379. The number of ketones is 1.